The number of alkyl carbamates (subject to hydrolysis) is 1. The van der Waals surface area contributed by atoms with Crippen molar-refractivity contribution in [2.24, 2.45) is 16.8 Å². The number of methoxy groups -OCH3 is 1. The molecule has 1 aliphatic heterocycles. The summed E-state index contributed by atoms with van der Waals surface area (Å²) >= 11 is 0. The van der Waals surface area contributed by atoms with Crippen molar-refractivity contribution in [3.8, 4) is 0 Å². The highest BCUT2D eigenvalue weighted by molar-refractivity contribution is 14.0. The Hall–Kier alpha value is -0.770. The van der Waals surface area contributed by atoms with Crippen molar-refractivity contribution in [1.82, 2.24) is 15.5 Å². The number of amides is 1. The summed E-state index contributed by atoms with van der Waals surface area (Å²) in [5.41, 5.74) is -0.499. The maximum atomic E-state index is 12.0. The standard InChI is InChI=1S/C18H36N4O3.HI/c1-13(2)15(21-17(23)25-18(3,4)5)10-20-16(19-6)22-9-8-14(11-22)12-24-7;/h13-15H,8-12H2,1-7H3,(H,19,20)(H,21,23);1H. The van der Waals surface area contributed by atoms with Crippen molar-refractivity contribution < 1.29 is 14.3 Å². The lowest BCUT2D eigenvalue weighted by Gasteiger charge is -2.28. The summed E-state index contributed by atoms with van der Waals surface area (Å²) in [4.78, 5) is 18.7. The zero-order valence-corrected chi connectivity index (χ0v) is 19.6. The third-order valence-electron chi connectivity index (χ3n) is 4.19. The van der Waals surface area contributed by atoms with Gasteiger partial charge in [0.1, 0.15) is 5.60 Å². The average Bonchev–Trinajstić information content (AvgIpc) is 2.93. The fourth-order valence-corrected chi connectivity index (χ4v) is 2.84. The summed E-state index contributed by atoms with van der Waals surface area (Å²) in [5.74, 6) is 1.69. The Balaban J connectivity index is 0.00000625. The van der Waals surface area contributed by atoms with E-state index in [2.05, 4.69) is 34.4 Å². The first-order valence-electron chi connectivity index (χ1n) is 9.10. The van der Waals surface area contributed by atoms with Crippen LogP contribution in [-0.4, -0.2) is 69.0 Å². The van der Waals surface area contributed by atoms with Crippen LogP contribution in [0.1, 0.15) is 41.0 Å². The molecule has 26 heavy (non-hydrogen) atoms. The number of aliphatic imine (C=N–C) groups is 1. The monoisotopic (exact) mass is 484 g/mol. The molecule has 0 bridgehead atoms. The van der Waals surface area contributed by atoms with E-state index < -0.39 is 5.60 Å². The van der Waals surface area contributed by atoms with Crippen LogP contribution >= 0.6 is 24.0 Å². The van der Waals surface area contributed by atoms with Crippen LogP contribution in [0.5, 0.6) is 0 Å². The second kappa shape index (κ2) is 11.8. The van der Waals surface area contributed by atoms with Crippen molar-refractivity contribution in [2.75, 3.05) is 40.4 Å². The number of likely N-dealkylation sites (tertiary alicyclic amines) is 1. The zero-order valence-electron chi connectivity index (χ0n) is 17.3. The van der Waals surface area contributed by atoms with Crippen LogP contribution in [-0.2, 0) is 9.47 Å². The first kappa shape index (κ1) is 25.2. The van der Waals surface area contributed by atoms with Crippen LogP contribution in [0.2, 0.25) is 0 Å². The van der Waals surface area contributed by atoms with Crippen LogP contribution in [0.4, 0.5) is 4.79 Å². The first-order chi connectivity index (χ1) is 11.7. The van der Waals surface area contributed by atoms with Crippen molar-refractivity contribution >= 4 is 36.0 Å². The molecular weight excluding hydrogens is 447 g/mol. The first-order valence-corrected chi connectivity index (χ1v) is 9.10. The number of hydrogen-bond acceptors (Lipinski definition) is 4. The number of nitrogens with one attached hydrogen (secondary N) is 2. The Bertz CT molecular complexity index is 452. The van der Waals surface area contributed by atoms with E-state index >= 15 is 0 Å². The predicted octanol–water partition coefficient (Wildman–Crippen LogP) is 2.70. The van der Waals surface area contributed by atoms with Gasteiger partial charge in [0.15, 0.2) is 5.96 Å². The van der Waals surface area contributed by atoms with Crippen molar-refractivity contribution in [3.63, 3.8) is 0 Å². The second-order valence-corrected chi connectivity index (χ2v) is 7.98. The highest BCUT2D eigenvalue weighted by atomic mass is 127. The second-order valence-electron chi connectivity index (χ2n) is 7.98. The fourth-order valence-electron chi connectivity index (χ4n) is 2.84. The minimum Gasteiger partial charge on any atom is -0.444 e. The lowest BCUT2D eigenvalue weighted by molar-refractivity contribution is 0.0491. The predicted molar refractivity (Wildman–Crippen MR) is 116 cm³/mol. The van der Waals surface area contributed by atoms with Crippen LogP contribution in [0.25, 0.3) is 0 Å². The number of carbonyl (C=O) groups is 1. The van der Waals surface area contributed by atoms with Gasteiger partial charge in [-0.05, 0) is 33.1 Å². The van der Waals surface area contributed by atoms with E-state index in [1.54, 1.807) is 14.2 Å². The number of ether oxygens (including phenoxy) is 2. The minimum absolute atomic E-state index is 0. The maximum Gasteiger partial charge on any atom is 0.407 e. The van der Waals surface area contributed by atoms with Gasteiger partial charge in [-0.15, -0.1) is 24.0 Å². The van der Waals surface area contributed by atoms with E-state index in [0.717, 1.165) is 32.1 Å². The summed E-state index contributed by atoms with van der Waals surface area (Å²) < 4.78 is 10.6. The van der Waals surface area contributed by atoms with E-state index in [4.69, 9.17) is 9.47 Å². The van der Waals surface area contributed by atoms with Crippen LogP contribution in [0.3, 0.4) is 0 Å². The SMILES string of the molecule is CN=C(NCC(NC(=O)OC(C)(C)C)C(C)C)N1CCC(COC)C1.I. The molecule has 1 heterocycles. The molecule has 1 aliphatic rings. The largest absolute Gasteiger partial charge is 0.444 e. The Morgan fingerprint density at radius 3 is 2.50 bits per heavy atom. The van der Waals surface area contributed by atoms with Crippen LogP contribution in [0, 0.1) is 11.8 Å². The Morgan fingerprint density at radius 2 is 2.00 bits per heavy atom. The molecule has 1 fully saturated rings. The summed E-state index contributed by atoms with van der Waals surface area (Å²) in [5, 5.41) is 6.34. The highest BCUT2D eigenvalue weighted by Gasteiger charge is 2.26. The number of nitrogens with zero attached hydrogens (tertiary/aromatic N) is 2. The molecule has 154 valence electrons. The highest BCUT2D eigenvalue weighted by Crippen LogP contribution is 2.16. The summed E-state index contributed by atoms with van der Waals surface area (Å²) in [6.45, 7) is 13.0. The lowest BCUT2D eigenvalue weighted by Crippen LogP contribution is -2.50. The van der Waals surface area contributed by atoms with Gasteiger partial charge in [0.2, 0.25) is 0 Å². The van der Waals surface area contributed by atoms with Gasteiger partial charge in [-0.25, -0.2) is 4.79 Å². The molecule has 2 atom stereocenters. The molecule has 7 nitrogen and oxygen atoms in total. The molecule has 1 saturated heterocycles. The number of halogens is 1. The van der Waals surface area contributed by atoms with Gasteiger partial charge in [-0.3, -0.25) is 4.99 Å². The molecule has 8 heteroatoms. The lowest BCUT2D eigenvalue weighted by atomic mass is 10.0. The molecule has 0 radical (unpaired) electrons. The number of hydrogen-bond donors (Lipinski definition) is 2. The summed E-state index contributed by atoms with van der Waals surface area (Å²) in [6, 6.07) is -0.0380. The molecule has 1 rings (SSSR count). The van der Waals surface area contributed by atoms with Gasteiger partial charge in [-0.1, -0.05) is 13.8 Å². The molecule has 2 N–H and O–H groups in total. The number of guanidine groups is 1. The Morgan fingerprint density at radius 1 is 1.35 bits per heavy atom. The van der Waals surface area contributed by atoms with Crippen LogP contribution < -0.4 is 10.6 Å². The van der Waals surface area contributed by atoms with Crippen molar-refractivity contribution in [2.45, 2.75) is 52.7 Å². The molecular formula is C18H37IN4O3. The topological polar surface area (TPSA) is 75.2 Å². The fraction of sp³-hybridized carbons (Fsp3) is 0.889. The van der Waals surface area contributed by atoms with E-state index in [0.29, 0.717) is 12.5 Å². The molecule has 0 aromatic carbocycles. The summed E-state index contributed by atoms with van der Waals surface area (Å²) in [7, 11) is 3.53. The number of carbonyl (C=O) groups excluding carboxylic acids is 1. The Labute approximate surface area is 175 Å². The summed E-state index contributed by atoms with van der Waals surface area (Å²) in [6.07, 6.45) is 0.725. The molecule has 1 amide bonds. The zero-order chi connectivity index (χ0) is 19.0. The Kier molecular flexibility index (Phi) is 11.5. The smallest absolute Gasteiger partial charge is 0.407 e. The van der Waals surface area contributed by atoms with E-state index in [1.807, 2.05) is 20.8 Å². The molecule has 2 unspecified atom stereocenters. The molecule has 0 aliphatic carbocycles. The van der Waals surface area contributed by atoms with E-state index in [1.165, 1.54) is 0 Å². The third kappa shape index (κ3) is 9.25. The normalized spacial score (nSPS) is 19.2. The van der Waals surface area contributed by atoms with Gasteiger partial charge < -0.3 is 25.0 Å². The van der Waals surface area contributed by atoms with Crippen LogP contribution in [0.15, 0.2) is 4.99 Å². The van der Waals surface area contributed by atoms with Gasteiger partial charge in [0, 0.05) is 39.7 Å². The number of rotatable bonds is 6. The molecule has 0 aromatic heterocycles. The molecule has 0 spiro atoms. The molecule has 0 saturated carbocycles. The van der Waals surface area contributed by atoms with Gasteiger partial charge in [-0.2, -0.15) is 0 Å². The van der Waals surface area contributed by atoms with Gasteiger partial charge in [0.25, 0.3) is 0 Å². The molecule has 0 aromatic rings. The van der Waals surface area contributed by atoms with Crippen molar-refractivity contribution in [3.05, 3.63) is 0 Å². The van der Waals surface area contributed by atoms with E-state index in [9.17, 15) is 4.79 Å². The van der Waals surface area contributed by atoms with E-state index in [-0.39, 0.29) is 42.0 Å². The minimum atomic E-state index is -0.499. The van der Waals surface area contributed by atoms with Gasteiger partial charge in [0.05, 0.1) is 12.6 Å². The van der Waals surface area contributed by atoms with Crippen molar-refractivity contribution in [1.29, 1.82) is 0 Å². The average molecular weight is 484 g/mol. The third-order valence-corrected chi connectivity index (χ3v) is 4.19. The quantitative estimate of drug-likeness (QED) is 0.345. The maximum absolute atomic E-state index is 12.0. The van der Waals surface area contributed by atoms with Gasteiger partial charge >= 0.3 is 6.09 Å².